The van der Waals surface area contributed by atoms with E-state index in [0.717, 1.165) is 62.8 Å². The molecule has 0 saturated heterocycles. The predicted octanol–water partition coefficient (Wildman–Crippen LogP) is 6.73. The lowest BCUT2D eigenvalue weighted by Gasteiger charge is -2.17. The summed E-state index contributed by atoms with van der Waals surface area (Å²) < 4.78 is 39.0. The predicted molar refractivity (Wildman–Crippen MR) is 114 cm³/mol. The fraction of sp³-hybridized carbons (Fsp3) is 0.520. The summed E-state index contributed by atoms with van der Waals surface area (Å²) in [5.74, 6) is -1.39. The monoisotopic (exact) mass is 433 g/mol. The minimum Gasteiger partial charge on any atom is -0.481 e. The van der Waals surface area contributed by atoms with Gasteiger partial charge in [-0.15, -0.1) is 0 Å². The lowest BCUT2D eigenvalue weighted by atomic mass is 9.89. The normalized spacial score (nSPS) is 14.8. The number of hydrogen-bond acceptors (Lipinski definition) is 2. The molecule has 0 unspecified atom stereocenters. The first-order chi connectivity index (χ1) is 14.8. The maximum absolute atomic E-state index is 13.0. The minimum absolute atomic E-state index is 0.152. The largest absolute Gasteiger partial charge is 0.481 e. The van der Waals surface area contributed by atoms with E-state index in [1.54, 1.807) is 6.07 Å². The summed E-state index contributed by atoms with van der Waals surface area (Å²) in [6, 6.07) is 9.41. The molecule has 0 spiro atoms. The number of carboxylic acids is 1. The number of alkyl halides is 3. The van der Waals surface area contributed by atoms with Crippen LogP contribution < -0.4 is 0 Å². The molecule has 1 aromatic carbocycles. The van der Waals surface area contributed by atoms with Crippen LogP contribution in [0.1, 0.15) is 85.4 Å². The molecule has 1 atom stereocenters. The summed E-state index contributed by atoms with van der Waals surface area (Å²) >= 11 is 0. The third-order valence-electron chi connectivity index (χ3n) is 6.08. The summed E-state index contributed by atoms with van der Waals surface area (Å²) in [7, 11) is 0. The quantitative estimate of drug-likeness (QED) is 0.423. The molecule has 1 aliphatic rings. The van der Waals surface area contributed by atoms with Crippen molar-refractivity contribution in [1.82, 2.24) is 4.98 Å². The van der Waals surface area contributed by atoms with E-state index in [9.17, 15) is 23.1 Å². The van der Waals surface area contributed by atoms with Gasteiger partial charge in [0.15, 0.2) is 0 Å². The van der Waals surface area contributed by atoms with E-state index >= 15 is 0 Å². The molecule has 31 heavy (non-hydrogen) atoms. The van der Waals surface area contributed by atoms with Gasteiger partial charge in [-0.2, -0.15) is 13.2 Å². The Morgan fingerprint density at radius 3 is 2.58 bits per heavy atom. The van der Waals surface area contributed by atoms with Crippen molar-refractivity contribution in [2.45, 2.75) is 82.7 Å². The van der Waals surface area contributed by atoms with Crippen molar-refractivity contribution in [2.24, 2.45) is 0 Å². The summed E-state index contributed by atoms with van der Waals surface area (Å²) in [4.78, 5) is 16.0. The van der Waals surface area contributed by atoms with Crippen LogP contribution in [-0.2, 0) is 30.2 Å². The first kappa shape index (κ1) is 23.3. The number of aryl methyl sites for hydroxylation is 3. The molecule has 0 fully saturated rings. The summed E-state index contributed by atoms with van der Waals surface area (Å²) in [5, 5.41) is 9.20. The van der Waals surface area contributed by atoms with E-state index in [2.05, 4.69) is 12.1 Å². The van der Waals surface area contributed by atoms with Gasteiger partial charge in [0, 0.05) is 11.4 Å². The number of aliphatic carboxylic acids is 1. The number of hydrogen-bond donors (Lipinski definition) is 1. The van der Waals surface area contributed by atoms with Gasteiger partial charge >= 0.3 is 12.1 Å². The second-order valence-corrected chi connectivity index (χ2v) is 8.49. The van der Waals surface area contributed by atoms with Crippen molar-refractivity contribution < 1.29 is 23.1 Å². The number of aromatic nitrogens is 1. The summed E-state index contributed by atoms with van der Waals surface area (Å²) in [6.45, 7) is 0. The van der Waals surface area contributed by atoms with Crippen LogP contribution in [0, 0.1) is 0 Å². The van der Waals surface area contributed by atoms with Crippen molar-refractivity contribution in [3.8, 4) is 0 Å². The van der Waals surface area contributed by atoms with Crippen molar-refractivity contribution in [3.63, 3.8) is 0 Å². The number of benzene rings is 1. The number of halogens is 3. The molecule has 1 N–H and O–H groups in total. The Labute approximate surface area is 181 Å². The van der Waals surface area contributed by atoms with Crippen molar-refractivity contribution >= 4 is 5.97 Å². The highest BCUT2D eigenvalue weighted by molar-refractivity contribution is 5.68. The van der Waals surface area contributed by atoms with Crippen LogP contribution in [0.3, 0.4) is 0 Å². The second kappa shape index (κ2) is 10.8. The van der Waals surface area contributed by atoms with Gasteiger partial charge in [0.25, 0.3) is 0 Å². The third-order valence-corrected chi connectivity index (χ3v) is 6.08. The number of carboxylic acid groups (broad SMARTS) is 1. The molecule has 0 amide bonds. The van der Waals surface area contributed by atoms with Crippen molar-refractivity contribution in [1.29, 1.82) is 0 Å². The van der Waals surface area contributed by atoms with Crippen LogP contribution >= 0.6 is 0 Å². The zero-order chi connectivity index (χ0) is 22.3. The fourth-order valence-corrected chi connectivity index (χ4v) is 4.38. The fourth-order valence-electron chi connectivity index (χ4n) is 4.38. The number of nitrogens with zero attached hydrogens (tertiary/aromatic N) is 1. The van der Waals surface area contributed by atoms with Crippen molar-refractivity contribution in [2.75, 3.05) is 0 Å². The van der Waals surface area contributed by atoms with E-state index in [1.807, 2.05) is 0 Å². The lowest BCUT2D eigenvalue weighted by molar-refractivity contribution is -0.138. The van der Waals surface area contributed by atoms with E-state index in [4.69, 9.17) is 4.98 Å². The first-order valence-electron chi connectivity index (χ1n) is 11.2. The lowest BCUT2D eigenvalue weighted by Crippen LogP contribution is -2.10. The van der Waals surface area contributed by atoms with Crippen LogP contribution in [0.25, 0.3) is 0 Å². The number of unbranched alkanes of at least 4 members (excludes halogenated alkanes) is 3. The van der Waals surface area contributed by atoms with Gasteiger partial charge in [0.2, 0.25) is 0 Å². The number of pyridine rings is 1. The maximum atomic E-state index is 13.0. The molecule has 3 rings (SSSR count). The molecular weight excluding hydrogens is 403 g/mol. The Kier molecular flexibility index (Phi) is 8.10. The number of fused-ring (bicyclic) bond motifs is 1. The van der Waals surface area contributed by atoms with Crippen LogP contribution in [0.15, 0.2) is 36.4 Å². The first-order valence-corrected chi connectivity index (χ1v) is 11.2. The summed E-state index contributed by atoms with van der Waals surface area (Å²) in [6.07, 6.45) is 5.34. The molecule has 1 aliphatic carbocycles. The molecule has 168 valence electrons. The standard InChI is InChI=1S/C25H30F3NO2/c26-25(27,28)21-11-7-10-19(16-21)20(17-24(30)31)9-3-1-2-4-12-22-15-14-18-8-5-6-13-23(18)29-22/h7,10-11,14-16,20H,1-6,8-9,12-13,17H2,(H,30,31)/t20-/m0/s1. The molecule has 1 heterocycles. The average Bonchev–Trinajstić information content (AvgIpc) is 2.74. The highest BCUT2D eigenvalue weighted by atomic mass is 19.4. The topological polar surface area (TPSA) is 50.2 Å². The zero-order valence-electron chi connectivity index (χ0n) is 17.8. The Balaban J connectivity index is 1.46. The van der Waals surface area contributed by atoms with Gasteiger partial charge in [-0.25, -0.2) is 0 Å². The zero-order valence-corrected chi connectivity index (χ0v) is 17.8. The van der Waals surface area contributed by atoms with Gasteiger partial charge in [-0.3, -0.25) is 9.78 Å². The molecule has 0 saturated carbocycles. The third kappa shape index (κ3) is 7.08. The Hall–Kier alpha value is -2.37. The van der Waals surface area contributed by atoms with E-state index < -0.39 is 23.6 Å². The van der Waals surface area contributed by atoms with Crippen LogP contribution in [0.4, 0.5) is 13.2 Å². The molecule has 0 bridgehead atoms. The number of rotatable bonds is 10. The Bertz CT molecular complexity index is 879. The van der Waals surface area contributed by atoms with Gasteiger partial charge < -0.3 is 5.11 Å². The highest BCUT2D eigenvalue weighted by Crippen LogP contribution is 2.33. The van der Waals surface area contributed by atoms with Crippen LogP contribution in [-0.4, -0.2) is 16.1 Å². The second-order valence-electron chi connectivity index (χ2n) is 8.49. The molecular formula is C25H30F3NO2. The van der Waals surface area contributed by atoms with Gasteiger partial charge in [-0.1, -0.05) is 43.5 Å². The molecule has 0 aliphatic heterocycles. The van der Waals surface area contributed by atoms with E-state index in [-0.39, 0.29) is 6.42 Å². The SMILES string of the molecule is O=C(O)C[C@H](CCCCCCc1ccc2c(n1)CCCC2)c1cccc(C(F)(F)F)c1. The van der Waals surface area contributed by atoms with Gasteiger partial charge in [0.1, 0.15) is 0 Å². The summed E-state index contributed by atoms with van der Waals surface area (Å²) in [5.41, 5.74) is 3.50. The van der Waals surface area contributed by atoms with Crippen molar-refractivity contribution in [3.05, 3.63) is 64.5 Å². The smallest absolute Gasteiger partial charge is 0.416 e. The highest BCUT2D eigenvalue weighted by Gasteiger charge is 2.31. The van der Waals surface area contributed by atoms with E-state index in [0.29, 0.717) is 12.0 Å². The molecule has 3 nitrogen and oxygen atoms in total. The Morgan fingerprint density at radius 1 is 1.03 bits per heavy atom. The Morgan fingerprint density at radius 2 is 1.81 bits per heavy atom. The van der Waals surface area contributed by atoms with Crippen LogP contribution in [0.5, 0.6) is 0 Å². The average molecular weight is 434 g/mol. The van der Waals surface area contributed by atoms with Crippen LogP contribution in [0.2, 0.25) is 0 Å². The minimum atomic E-state index is -4.42. The number of carbonyl (C=O) groups is 1. The van der Waals surface area contributed by atoms with E-state index in [1.165, 1.54) is 30.2 Å². The molecule has 1 aromatic heterocycles. The molecule has 2 aromatic rings. The van der Waals surface area contributed by atoms with Gasteiger partial charge in [-0.05, 0) is 74.1 Å². The maximum Gasteiger partial charge on any atom is 0.416 e. The van der Waals surface area contributed by atoms with Gasteiger partial charge in [0.05, 0.1) is 12.0 Å². The molecule has 0 radical (unpaired) electrons. The molecule has 6 heteroatoms.